The SMILES string of the molecule is CC1(C)CCc2sc([C@@H]3CCCC[C@H]3CNN)c(C(=O)O)c2C1. The summed E-state index contributed by atoms with van der Waals surface area (Å²) in [6.07, 6.45) is 7.73. The van der Waals surface area contributed by atoms with Gasteiger partial charge in [0, 0.05) is 16.3 Å². The van der Waals surface area contributed by atoms with E-state index in [0.29, 0.717) is 17.4 Å². The van der Waals surface area contributed by atoms with Crippen LogP contribution in [-0.4, -0.2) is 17.6 Å². The minimum Gasteiger partial charge on any atom is -0.478 e. The average molecular weight is 337 g/mol. The van der Waals surface area contributed by atoms with Crippen LogP contribution >= 0.6 is 11.3 Å². The molecule has 0 unspecified atom stereocenters. The van der Waals surface area contributed by atoms with Gasteiger partial charge in [-0.05, 0) is 54.9 Å². The minimum absolute atomic E-state index is 0.209. The maximum atomic E-state index is 12.0. The van der Waals surface area contributed by atoms with Gasteiger partial charge in [-0.2, -0.15) is 0 Å². The highest BCUT2D eigenvalue weighted by Gasteiger charge is 2.37. The summed E-state index contributed by atoms with van der Waals surface area (Å²) in [6, 6.07) is 0. The quantitative estimate of drug-likeness (QED) is 0.579. The predicted molar refractivity (Wildman–Crippen MR) is 94.0 cm³/mol. The van der Waals surface area contributed by atoms with Crippen molar-refractivity contribution in [3.05, 3.63) is 20.9 Å². The fourth-order valence-corrected chi connectivity index (χ4v) is 5.93. The van der Waals surface area contributed by atoms with Crippen molar-refractivity contribution in [2.45, 2.75) is 64.7 Å². The van der Waals surface area contributed by atoms with Gasteiger partial charge in [0.2, 0.25) is 0 Å². The topological polar surface area (TPSA) is 75.3 Å². The molecule has 2 atom stereocenters. The Balaban J connectivity index is 2.02. The molecule has 0 spiro atoms. The Hall–Kier alpha value is -0.910. The Morgan fingerprint density at radius 3 is 2.83 bits per heavy atom. The Labute approximate surface area is 142 Å². The number of nitrogens with two attached hydrogens (primary N) is 1. The lowest BCUT2D eigenvalue weighted by Gasteiger charge is -2.31. The van der Waals surface area contributed by atoms with Gasteiger partial charge < -0.3 is 5.11 Å². The molecule has 128 valence electrons. The summed E-state index contributed by atoms with van der Waals surface area (Å²) >= 11 is 1.78. The number of hydrogen-bond donors (Lipinski definition) is 3. The molecule has 0 radical (unpaired) electrons. The number of thiophene rings is 1. The van der Waals surface area contributed by atoms with E-state index in [1.54, 1.807) is 11.3 Å². The Bertz CT molecular complexity index is 592. The zero-order valence-electron chi connectivity index (χ0n) is 14.2. The van der Waals surface area contributed by atoms with Crippen molar-refractivity contribution in [1.82, 2.24) is 5.43 Å². The number of aryl methyl sites for hydroxylation is 1. The van der Waals surface area contributed by atoms with E-state index in [0.717, 1.165) is 49.1 Å². The number of aromatic carboxylic acids is 1. The zero-order valence-corrected chi connectivity index (χ0v) is 15.0. The number of carboxylic acids is 1. The zero-order chi connectivity index (χ0) is 16.6. The largest absolute Gasteiger partial charge is 0.478 e. The summed E-state index contributed by atoms with van der Waals surface area (Å²) < 4.78 is 0. The smallest absolute Gasteiger partial charge is 0.337 e. The highest BCUT2D eigenvalue weighted by Crippen LogP contribution is 2.48. The molecule has 3 rings (SSSR count). The van der Waals surface area contributed by atoms with Crippen LogP contribution in [0.4, 0.5) is 0 Å². The average Bonchev–Trinajstić information content (AvgIpc) is 2.85. The normalized spacial score (nSPS) is 26.7. The molecule has 23 heavy (non-hydrogen) atoms. The molecule has 1 heterocycles. The van der Waals surface area contributed by atoms with Crippen molar-refractivity contribution in [3.63, 3.8) is 0 Å². The van der Waals surface area contributed by atoms with Crippen molar-refractivity contribution in [3.8, 4) is 0 Å². The molecule has 0 saturated heterocycles. The van der Waals surface area contributed by atoms with Crippen LogP contribution in [0.2, 0.25) is 0 Å². The van der Waals surface area contributed by atoms with Gasteiger partial charge in [-0.1, -0.05) is 26.7 Å². The number of carboxylic acid groups (broad SMARTS) is 1. The van der Waals surface area contributed by atoms with Gasteiger partial charge in [-0.15, -0.1) is 11.3 Å². The van der Waals surface area contributed by atoms with Gasteiger partial charge >= 0.3 is 5.97 Å². The van der Waals surface area contributed by atoms with Gasteiger partial charge in [0.25, 0.3) is 0 Å². The van der Waals surface area contributed by atoms with Crippen LogP contribution in [0.15, 0.2) is 0 Å². The standard InChI is InChI=1S/C18H28N2O2S/c1-18(2)8-7-14-13(9-18)15(17(21)22)16(23-14)12-6-4-3-5-11(12)10-20-19/h11-12,20H,3-10,19H2,1-2H3,(H,21,22)/t11-,12+/m0/s1. The van der Waals surface area contributed by atoms with Gasteiger partial charge in [-0.25, -0.2) is 4.79 Å². The van der Waals surface area contributed by atoms with E-state index in [1.807, 2.05) is 0 Å². The monoisotopic (exact) mass is 336 g/mol. The highest BCUT2D eigenvalue weighted by molar-refractivity contribution is 7.12. The number of rotatable bonds is 4. The van der Waals surface area contributed by atoms with Gasteiger partial charge in [0.1, 0.15) is 0 Å². The molecule has 5 heteroatoms. The lowest BCUT2D eigenvalue weighted by molar-refractivity contribution is 0.0692. The minimum atomic E-state index is -0.736. The summed E-state index contributed by atoms with van der Waals surface area (Å²) in [5.74, 6) is 5.64. The van der Waals surface area contributed by atoms with Gasteiger partial charge in [0.05, 0.1) is 5.56 Å². The summed E-state index contributed by atoms with van der Waals surface area (Å²) in [4.78, 5) is 14.5. The van der Waals surface area contributed by atoms with E-state index in [4.69, 9.17) is 5.84 Å². The third-order valence-electron chi connectivity index (χ3n) is 5.64. The fraction of sp³-hybridized carbons (Fsp3) is 0.722. The molecule has 1 fully saturated rings. The molecule has 0 aliphatic heterocycles. The first-order valence-electron chi connectivity index (χ1n) is 8.74. The summed E-state index contributed by atoms with van der Waals surface area (Å²) in [7, 11) is 0. The van der Waals surface area contributed by atoms with E-state index in [9.17, 15) is 9.90 Å². The molecule has 0 aromatic carbocycles. The summed E-state index contributed by atoms with van der Waals surface area (Å²) in [5, 5.41) is 9.89. The second kappa shape index (κ2) is 6.54. The molecule has 4 N–H and O–H groups in total. The van der Waals surface area contributed by atoms with Crippen LogP contribution in [0, 0.1) is 11.3 Å². The van der Waals surface area contributed by atoms with Crippen LogP contribution in [-0.2, 0) is 12.8 Å². The van der Waals surface area contributed by atoms with Crippen molar-refractivity contribution in [2.75, 3.05) is 6.54 Å². The number of hydrazine groups is 1. The van der Waals surface area contributed by atoms with E-state index >= 15 is 0 Å². The molecule has 0 bridgehead atoms. The van der Waals surface area contributed by atoms with E-state index < -0.39 is 5.97 Å². The summed E-state index contributed by atoms with van der Waals surface area (Å²) in [5.41, 5.74) is 4.78. The molecule has 1 saturated carbocycles. The van der Waals surface area contributed by atoms with E-state index in [-0.39, 0.29) is 5.41 Å². The number of fused-ring (bicyclic) bond motifs is 1. The summed E-state index contributed by atoms with van der Waals surface area (Å²) in [6.45, 7) is 5.28. The molecule has 1 aromatic rings. The second-order valence-electron chi connectivity index (χ2n) is 7.95. The lowest BCUT2D eigenvalue weighted by Crippen LogP contribution is -2.33. The molecular weight excluding hydrogens is 308 g/mol. The maximum Gasteiger partial charge on any atom is 0.337 e. The van der Waals surface area contributed by atoms with E-state index in [2.05, 4.69) is 19.3 Å². The first kappa shape index (κ1) is 16.9. The first-order valence-corrected chi connectivity index (χ1v) is 9.56. The first-order chi connectivity index (χ1) is 10.9. The second-order valence-corrected chi connectivity index (χ2v) is 9.09. The van der Waals surface area contributed by atoms with Crippen molar-refractivity contribution >= 4 is 17.3 Å². The van der Waals surface area contributed by atoms with E-state index in [1.165, 1.54) is 17.7 Å². The van der Waals surface area contributed by atoms with Gasteiger partial charge in [-0.3, -0.25) is 11.3 Å². The third-order valence-corrected chi connectivity index (χ3v) is 7.07. The van der Waals surface area contributed by atoms with Crippen LogP contribution in [0.3, 0.4) is 0 Å². The van der Waals surface area contributed by atoms with Crippen molar-refractivity contribution < 1.29 is 9.90 Å². The van der Waals surface area contributed by atoms with Crippen LogP contribution in [0.25, 0.3) is 0 Å². The lowest BCUT2D eigenvalue weighted by atomic mass is 9.74. The van der Waals surface area contributed by atoms with Crippen molar-refractivity contribution in [2.24, 2.45) is 17.2 Å². The molecule has 4 nitrogen and oxygen atoms in total. The molecular formula is C18H28N2O2S. The molecule has 2 aliphatic rings. The van der Waals surface area contributed by atoms with Crippen molar-refractivity contribution in [1.29, 1.82) is 0 Å². The third kappa shape index (κ3) is 3.32. The van der Waals surface area contributed by atoms with Gasteiger partial charge in [0.15, 0.2) is 0 Å². The maximum absolute atomic E-state index is 12.0. The molecule has 0 amide bonds. The highest BCUT2D eigenvalue weighted by atomic mass is 32.1. The number of hydrogen-bond acceptors (Lipinski definition) is 4. The molecule has 1 aromatic heterocycles. The predicted octanol–water partition coefficient (Wildman–Crippen LogP) is 3.70. The fourth-order valence-electron chi connectivity index (χ4n) is 4.39. The van der Waals surface area contributed by atoms with Crippen LogP contribution < -0.4 is 11.3 Å². The number of carbonyl (C=O) groups is 1. The Kier molecular flexibility index (Phi) is 4.81. The Morgan fingerprint density at radius 1 is 1.39 bits per heavy atom. The number of nitrogens with one attached hydrogen (secondary N) is 1. The Morgan fingerprint density at radius 2 is 2.13 bits per heavy atom. The molecule has 2 aliphatic carbocycles. The van der Waals surface area contributed by atoms with Crippen LogP contribution in [0.1, 0.15) is 77.5 Å². The van der Waals surface area contributed by atoms with Crippen LogP contribution in [0.5, 0.6) is 0 Å².